The van der Waals surface area contributed by atoms with Crippen LogP contribution in [0.5, 0.6) is 0 Å². The molecule has 0 bridgehead atoms. The summed E-state index contributed by atoms with van der Waals surface area (Å²) in [5.41, 5.74) is 0.933. The fourth-order valence-corrected chi connectivity index (χ4v) is 5.63. The maximum Gasteiger partial charge on any atom is 0.416 e. The third kappa shape index (κ3) is 6.27. The van der Waals surface area contributed by atoms with E-state index in [4.69, 9.17) is 0 Å². The zero-order chi connectivity index (χ0) is 27.3. The summed E-state index contributed by atoms with van der Waals surface area (Å²) >= 11 is 2.44. The van der Waals surface area contributed by atoms with Crippen molar-refractivity contribution in [3.63, 3.8) is 0 Å². The number of thiophene rings is 1. The summed E-state index contributed by atoms with van der Waals surface area (Å²) in [6.07, 6.45) is -4.53. The Bertz CT molecular complexity index is 1440. The molecule has 2 heterocycles. The van der Waals surface area contributed by atoms with Gasteiger partial charge in [0, 0.05) is 27.5 Å². The summed E-state index contributed by atoms with van der Waals surface area (Å²) in [6.45, 7) is 1.72. The van der Waals surface area contributed by atoms with E-state index in [2.05, 4.69) is 22.0 Å². The number of hydrogen-bond donors (Lipinski definition) is 3. The molecule has 38 heavy (non-hydrogen) atoms. The molecular weight excluding hydrogens is 533 g/mol. The van der Waals surface area contributed by atoms with Crippen molar-refractivity contribution in [3.8, 4) is 6.07 Å². The number of thioether (sulfide) groups is 1. The number of para-hydroxylation sites is 1. The average Bonchev–Trinajstić information content (AvgIpc) is 3.42. The third-order valence-corrected chi connectivity index (χ3v) is 7.53. The molecule has 0 saturated carbocycles. The number of halogens is 3. The van der Waals surface area contributed by atoms with Gasteiger partial charge in [-0.1, -0.05) is 42.1 Å². The number of benzene rings is 2. The first-order valence-electron chi connectivity index (χ1n) is 11.3. The lowest BCUT2D eigenvalue weighted by Crippen LogP contribution is -2.30. The zero-order valence-corrected chi connectivity index (χ0v) is 21.6. The Balaban J connectivity index is 1.55. The highest BCUT2D eigenvalue weighted by Gasteiger charge is 2.35. The monoisotopic (exact) mass is 554 g/mol. The molecule has 194 valence electrons. The highest BCUT2D eigenvalue weighted by Crippen LogP contribution is 2.42. The molecule has 3 N–H and O–H groups in total. The Labute approximate surface area is 225 Å². The lowest BCUT2D eigenvalue weighted by Gasteiger charge is -2.29. The van der Waals surface area contributed by atoms with Crippen LogP contribution in [0.4, 0.5) is 24.5 Å². The molecule has 1 atom stereocenters. The summed E-state index contributed by atoms with van der Waals surface area (Å²) in [4.78, 5) is 26.7. The van der Waals surface area contributed by atoms with E-state index >= 15 is 0 Å². The second-order valence-corrected chi connectivity index (χ2v) is 10.2. The number of dihydropyridines is 1. The number of hydrogen-bond acceptors (Lipinski definition) is 6. The van der Waals surface area contributed by atoms with E-state index in [1.54, 1.807) is 31.2 Å². The van der Waals surface area contributed by atoms with Crippen molar-refractivity contribution in [1.82, 2.24) is 5.32 Å². The summed E-state index contributed by atoms with van der Waals surface area (Å²) in [5, 5.41) is 20.8. The SMILES string of the molecule is CC1=C(C(=O)Nc2ccccc2)[C@H](c2cccs2)C(C#N)=C(SCC(=O)Nc2cccc(C(F)(F)F)c2)N1. The fourth-order valence-electron chi connectivity index (χ4n) is 3.90. The number of carbonyl (C=O) groups is 2. The Kier molecular flexibility index (Phi) is 8.24. The number of amides is 2. The molecule has 1 aliphatic heterocycles. The highest BCUT2D eigenvalue weighted by molar-refractivity contribution is 8.03. The highest BCUT2D eigenvalue weighted by atomic mass is 32.2. The molecule has 2 amide bonds. The molecule has 4 rings (SSSR count). The van der Waals surface area contributed by atoms with Crippen LogP contribution in [0, 0.1) is 11.3 Å². The van der Waals surface area contributed by atoms with Crippen molar-refractivity contribution in [1.29, 1.82) is 5.26 Å². The predicted octanol–water partition coefficient (Wildman–Crippen LogP) is 6.47. The molecule has 11 heteroatoms. The minimum Gasteiger partial charge on any atom is -0.353 e. The maximum absolute atomic E-state index is 13.3. The second-order valence-electron chi connectivity index (χ2n) is 8.20. The molecule has 1 aromatic heterocycles. The van der Waals surface area contributed by atoms with Crippen molar-refractivity contribution in [2.45, 2.75) is 19.0 Å². The summed E-state index contributed by atoms with van der Waals surface area (Å²) in [7, 11) is 0. The van der Waals surface area contributed by atoms with Crippen LogP contribution in [0.1, 0.15) is 23.3 Å². The first-order valence-corrected chi connectivity index (χ1v) is 13.2. The number of alkyl halides is 3. The van der Waals surface area contributed by atoms with E-state index < -0.39 is 23.6 Å². The van der Waals surface area contributed by atoms with Gasteiger partial charge in [0.15, 0.2) is 0 Å². The molecule has 0 spiro atoms. The van der Waals surface area contributed by atoms with Crippen LogP contribution in [0.25, 0.3) is 0 Å². The lowest BCUT2D eigenvalue weighted by molar-refractivity contribution is -0.137. The normalized spacial score (nSPS) is 15.5. The Hall–Kier alpha value is -4.01. The maximum atomic E-state index is 13.3. The van der Waals surface area contributed by atoms with E-state index in [9.17, 15) is 28.0 Å². The van der Waals surface area contributed by atoms with E-state index in [1.165, 1.54) is 23.5 Å². The van der Waals surface area contributed by atoms with Crippen molar-refractivity contribution < 1.29 is 22.8 Å². The number of anilines is 2. The molecule has 0 unspecified atom stereocenters. The first-order chi connectivity index (χ1) is 18.2. The van der Waals surface area contributed by atoms with Gasteiger partial charge in [-0.15, -0.1) is 11.3 Å². The van der Waals surface area contributed by atoms with Gasteiger partial charge in [0.05, 0.1) is 33.9 Å². The largest absolute Gasteiger partial charge is 0.416 e. The molecule has 0 radical (unpaired) electrons. The quantitative estimate of drug-likeness (QED) is 0.311. The Morgan fingerprint density at radius 1 is 1.05 bits per heavy atom. The molecule has 0 saturated heterocycles. The first kappa shape index (κ1) is 27.0. The van der Waals surface area contributed by atoms with Crippen LogP contribution in [-0.2, 0) is 15.8 Å². The van der Waals surface area contributed by atoms with Crippen molar-refractivity contribution >= 4 is 46.3 Å². The van der Waals surface area contributed by atoms with Crippen molar-refractivity contribution in [3.05, 3.63) is 104 Å². The van der Waals surface area contributed by atoms with E-state index in [0.29, 0.717) is 22.0 Å². The smallest absolute Gasteiger partial charge is 0.353 e. The summed E-state index contributed by atoms with van der Waals surface area (Å²) < 4.78 is 39.0. The van der Waals surface area contributed by atoms with Gasteiger partial charge in [0.1, 0.15) is 0 Å². The molecule has 1 aliphatic rings. The van der Waals surface area contributed by atoms with Crippen LogP contribution >= 0.6 is 23.1 Å². The molecule has 0 fully saturated rings. The molecule has 2 aromatic carbocycles. The minimum absolute atomic E-state index is 0.0175. The van der Waals surface area contributed by atoms with Gasteiger partial charge in [-0.25, -0.2) is 0 Å². The molecule has 3 aromatic rings. The number of allylic oxidation sites excluding steroid dienone is 2. The number of nitriles is 1. The standard InChI is InChI=1S/C27H21F3N4O2S2/c1-16-23(25(36)34-18-8-3-2-4-9-18)24(21-11-6-12-37-21)20(14-31)26(32-16)38-15-22(35)33-19-10-5-7-17(13-19)27(28,29)30/h2-13,24,32H,15H2,1H3,(H,33,35)(H,34,36)/t24-/m0/s1. The van der Waals surface area contributed by atoms with Gasteiger partial charge in [0.2, 0.25) is 5.91 Å². The topological polar surface area (TPSA) is 94.0 Å². The molecular formula is C27H21F3N4O2S2. The van der Waals surface area contributed by atoms with Crippen LogP contribution in [-0.4, -0.2) is 17.6 Å². The number of nitrogens with zero attached hydrogens (tertiary/aromatic N) is 1. The number of rotatable bonds is 7. The second kappa shape index (κ2) is 11.6. The summed E-state index contributed by atoms with van der Waals surface area (Å²) in [5.74, 6) is -1.72. The number of carbonyl (C=O) groups excluding carboxylic acids is 2. The Morgan fingerprint density at radius 2 is 1.79 bits per heavy atom. The molecule has 0 aliphatic carbocycles. The number of nitrogens with one attached hydrogen (secondary N) is 3. The van der Waals surface area contributed by atoms with Gasteiger partial charge < -0.3 is 16.0 Å². The van der Waals surface area contributed by atoms with Gasteiger partial charge >= 0.3 is 6.18 Å². The van der Waals surface area contributed by atoms with E-state index in [1.807, 2.05) is 23.6 Å². The van der Waals surface area contributed by atoms with Crippen LogP contribution in [0.3, 0.4) is 0 Å². The minimum atomic E-state index is -4.53. The lowest BCUT2D eigenvalue weighted by atomic mass is 9.86. The van der Waals surface area contributed by atoms with Crippen molar-refractivity contribution in [2.24, 2.45) is 0 Å². The van der Waals surface area contributed by atoms with Gasteiger partial charge in [-0.2, -0.15) is 18.4 Å². The third-order valence-electron chi connectivity index (χ3n) is 5.57. The van der Waals surface area contributed by atoms with Gasteiger partial charge in [-0.05, 0) is 48.7 Å². The Morgan fingerprint density at radius 3 is 2.45 bits per heavy atom. The van der Waals surface area contributed by atoms with Crippen LogP contribution in [0.15, 0.2) is 94.0 Å². The van der Waals surface area contributed by atoms with Crippen molar-refractivity contribution in [2.75, 3.05) is 16.4 Å². The van der Waals surface area contributed by atoms with E-state index in [-0.39, 0.29) is 22.9 Å². The summed E-state index contributed by atoms with van der Waals surface area (Å²) in [6, 6.07) is 19.2. The fraction of sp³-hybridized carbons (Fsp3) is 0.148. The predicted molar refractivity (Wildman–Crippen MR) is 143 cm³/mol. The van der Waals surface area contributed by atoms with Gasteiger partial charge in [-0.3, -0.25) is 9.59 Å². The average molecular weight is 555 g/mol. The molecule has 6 nitrogen and oxygen atoms in total. The van der Waals surface area contributed by atoms with Crippen LogP contribution < -0.4 is 16.0 Å². The van der Waals surface area contributed by atoms with Crippen LogP contribution in [0.2, 0.25) is 0 Å². The van der Waals surface area contributed by atoms with E-state index in [0.717, 1.165) is 28.8 Å². The van der Waals surface area contributed by atoms with Gasteiger partial charge in [0.25, 0.3) is 5.91 Å². The zero-order valence-electron chi connectivity index (χ0n) is 19.9.